The molecule has 5 aliphatic rings. The van der Waals surface area contributed by atoms with Gasteiger partial charge in [0.15, 0.2) is 0 Å². The van der Waals surface area contributed by atoms with E-state index in [1.807, 2.05) is 62.3 Å². The van der Waals surface area contributed by atoms with Crippen LogP contribution in [0.4, 0.5) is 14.4 Å². The van der Waals surface area contributed by atoms with Crippen LogP contribution in [0.3, 0.4) is 0 Å². The summed E-state index contributed by atoms with van der Waals surface area (Å²) in [6.45, 7) is 16.8. The van der Waals surface area contributed by atoms with Crippen LogP contribution < -0.4 is 16.0 Å². The fourth-order valence-corrected chi connectivity index (χ4v) is 5.42. The van der Waals surface area contributed by atoms with E-state index in [1.54, 1.807) is 0 Å². The molecule has 11 nitrogen and oxygen atoms in total. The first kappa shape index (κ1) is 35.9. The van der Waals surface area contributed by atoms with E-state index in [2.05, 4.69) is 28.1 Å². The van der Waals surface area contributed by atoms with Crippen LogP contribution in [0, 0.1) is 0 Å². The third-order valence-corrected chi connectivity index (χ3v) is 7.44. The van der Waals surface area contributed by atoms with E-state index in [1.165, 1.54) is 0 Å². The smallest absolute Gasteiger partial charge is 0.407 e. The van der Waals surface area contributed by atoms with Crippen LogP contribution >= 0.6 is 0 Å². The lowest BCUT2D eigenvalue weighted by atomic mass is 9.96. The number of carbonyl (C=O) groups excluding carboxylic acids is 3. The lowest BCUT2D eigenvalue weighted by Crippen LogP contribution is -2.41. The van der Waals surface area contributed by atoms with Gasteiger partial charge in [-0.25, -0.2) is 14.4 Å². The number of amides is 3. The maximum absolute atomic E-state index is 11.5. The van der Waals surface area contributed by atoms with Gasteiger partial charge < -0.3 is 39.6 Å². The van der Waals surface area contributed by atoms with Crippen molar-refractivity contribution >= 4 is 18.3 Å². The SMILES string of the molecule is CC(C)(C)OC(=O)NC1CC=CCC1.CC(C)(C)OC(=O)N[C@@H]1CC[C@@H]2O[C@@H]2C1.CC(C)(C)OC(=O)N[C@H]1CC[C@H]2O[C@H]2C1. The van der Waals surface area contributed by atoms with Crippen LogP contribution in [0.25, 0.3) is 0 Å². The first-order chi connectivity index (χ1) is 20.3. The molecule has 3 aliphatic carbocycles. The maximum Gasteiger partial charge on any atom is 0.407 e. The van der Waals surface area contributed by atoms with Crippen molar-refractivity contribution in [3.63, 3.8) is 0 Å². The molecular weight excluding hydrogens is 566 g/mol. The van der Waals surface area contributed by atoms with Gasteiger partial charge in [-0.15, -0.1) is 0 Å². The lowest BCUT2D eigenvalue weighted by Gasteiger charge is -2.24. The molecule has 0 aromatic carbocycles. The van der Waals surface area contributed by atoms with E-state index in [4.69, 9.17) is 23.7 Å². The molecule has 4 fully saturated rings. The van der Waals surface area contributed by atoms with Crippen molar-refractivity contribution in [2.45, 2.75) is 179 Å². The second-order valence-electron chi connectivity index (χ2n) is 15.4. The zero-order valence-electron chi connectivity index (χ0n) is 28.3. The Balaban J connectivity index is 0.000000181. The predicted octanol–water partition coefficient (Wildman–Crippen LogP) is 6.28. The lowest BCUT2D eigenvalue weighted by molar-refractivity contribution is 0.0483. The Morgan fingerprint density at radius 2 is 0.932 bits per heavy atom. The van der Waals surface area contributed by atoms with Crippen molar-refractivity contribution in [2.75, 3.05) is 0 Å². The number of alkyl carbamates (subject to hydrolysis) is 3. The number of allylic oxidation sites excluding steroid dienone is 1. The minimum atomic E-state index is -0.419. The van der Waals surface area contributed by atoms with Gasteiger partial charge in [0.05, 0.1) is 24.4 Å². The van der Waals surface area contributed by atoms with Crippen molar-refractivity contribution in [1.82, 2.24) is 16.0 Å². The van der Waals surface area contributed by atoms with Gasteiger partial charge in [0.2, 0.25) is 0 Å². The second kappa shape index (κ2) is 15.2. The van der Waals surface area contributed by atoms with Crippen molar-refractivity contribution in [2.24, 2.45) is 0 Å². The number of carbonyl (C=O) groups is 3. The Hall–Kier alpha value is -2.53. The quantitative estimate of drug-likeness (QED) is 0.190. The largest absolute Gasteiger partial charge is 0.444 e. The molecule has 252 valence electrons. The summed E-state index contributed by atoms with van der Waals surface area (Å²) < 4.78 is 26.4. The Bertz CT molecular complexity index is 942. The third-order valence-electron chi connectivity index (χ3n) is 7.44. The topological polar surface area (TPSA) is 140 Å². The summed E-state index contributed by atoms with van der Waals surface area (Å²) in [7, 11) is 0. The van der Waals surface area contributed by atoms with Crippen LogP contribution in [-0.2, 0) is 23.7 Å². The molecule has 3 amide bonds. The van der Waals surface area contributed by atoms with Gasteiger partial charge in [-0.2, -0.15) is 0 Å². The van der Waals surface area contributed by atoms with Gasteiger partial charge in [-0.05, 0) is 120 Å². The molecule has 0 aromatic rings. The summed E-state index contributed by atoms with van der Waals surface area (Å²) >= 11 is 0. The Labute approximate surface area is 263 Å². The Kier molecular flexibility index (Phi) is 12.4. The summed E-state index contributed by atoms with van der Waals surface area (Å²) in [4.78, 5) is 34.3. The van der Waals surface area contributed by atoms with Gasteiger partial charge in [-0.3, -0.25) is 0 Å². The van der Waals surface area contributed by atoms with Gasteiger partial charge in [-0.1, -0.05) is 12.2 Å². The van der Waals surface area contributed by atoms with Gasteiger partial charge in [0, 0.05) is 18.1 Å². The Morgan fingerprint density at radius 1 is 0.545 bits per heavy atom. The normalized spacial score (nSPS) is 30.2. The molecule has 2 heterocycles. The molecule has 0 bridgehead atoms. The van der Waals surface area contributed by atoms with Crippen LogP contribution in [0.5, 0.6) is 0 Å². The van der Waals surface area contributed by atoms with E-state index < -0.39 is 16.8 Å². The predicted molar refractivity (Wildman–Crippen MR) is 167 cm³/mol. The van der Waals surface area contributed by atoms with E-state index in [-0.39, 0.29) is 36.4 Å². The summed E-state index contributed by atoms with van der Waals surface area (Å²) in [5.41, 5.74) is -1.25. The van der Waals surface area contributed by atoms with Crippen molar-refractivity contribution in [1.29, 1.82) is 0 Å². The van der Waals surface area contributed by atoms with E-state index >= 15 is 0 Å². The zero-order valence-corrected chi connectivity index (χ0v) is 28.3. The van der Waals surface area contributed by atoms with E-state index in [0.29, 0.717) is 24.4 Å². The first-order valence-electron chi connectivity index (χ1n) is 16.3. The number of hydrogen-bond acceptors (Lipinski definition) is 8. The number of rotatable bonds is 3. The third kappa shape index (κ3) is 15.0. The van der Waals surface area contributed by atoms with Crippen LogP contribution in [0.15, 0.2) is 12.2 Å². The van der Waals surface area contributed by atoms with Gasteiger partial charge in [0.1, 0.15) is 16.8 Å². The summed E-state index contributed by atoms with van der Waals surface area (Å²) in [6.07, 6.45) is 14.0. The van der Waals surface area contributed by atoms with Crippen molar-refractivity contribution in [3.05, 3.63) is 12.2 Å². The van der Waals surface area contributed by atoms with E-state index in [0.717, 1.165) is 57.8 Å². The highest BCUT2D eigenvalue weighted by Gasteiger charge is 2.45. The monoisotopic (exact) mass is 623 g/mol. The molecule has 11 heteroatoms. The van der Waals surface area contributed by atoms with Crippen LogP contribution in [0.2, 0.25) is 0 Å². The number of hydrogen-bond donors (Lipinski definition) is 3. The first-order valence-corrected chi connectivity index (χ1v) is 16.3. The fraction of sp³-hybridized carbons (Fsp3) is 0.848. The zero-order chi connectivity index (χ0) is 32.7. The molecule has 7 atom stereocenters. The van der Waals surface area contributed by atoms with Crippen molar-refractivity contribution < 1.29 is 38.1 Å². The fourth-order valence-electron chi connectivity index (χ4n) is 5.42. The minimum Gasteiger partial charge on any atom is -0.444 e. The highest BCUT2D eigenvalue weighted by Crippen LogP contribution is 2.37. The highest BCUT2D eigenvalue weighted by molar-refractivity contribution is 5.69. The standard InChI is InChI=1S/2C11H19NO3.C11H19NO2/c2*1-11(2,3)15-10(13)12-7-4-5-8-9(6-7)14-8;1-11(2,3)14-10(13)12-9-7-5-4-6-8-9/h2*7-9H,4-6H2,1-3H3,(H,12,13);4-5,9H,6-8H2,1-3H3,(H,12,13)/t2*7-,8+,9-;/m10./s1. The molecule has 3 N–H and O–H groups in total. The van der Waals surface area contributed by atoms with Gasteiger partial charge in [0.25, 0.3) is 0 Å². The average Bonchev–Trinajstić information content (AvgIpc) is 3.76. The summed E-state index contributed by atoms with van der Waals surface area (Å²) in [5.74, 6) is 0. The summed E-state index contributed by atoms with van der Waals surface area (Å²) in [6, 6.07) is 0.696. The molecule has 44 heavy (non-hydrogen) atoms. The molecule has 2 saturated heterocycles. The maximum atomic E-state index is 11.5. The second-order valence-corrected chi connectivity index (χ2v) is 15.4. The van der Waals surface area contributed by atoms with Crippen LogP contribution in [-0.4, -0.2) is 77.6 Å². The molecular formula is C33H57N3O8. The molecule has 2 saturated carbocycles. The minimum absolute atomic E-state index is 0.226. The van der Waals surface area contributed by atoms with E-state index in [9.17, 15) is 14.4 Å². The Morgan fingerprint density at radius 3 is 1.25 bits per heavy atom. The summed E-state index contributed by atoms with van der Waals surface area (Å²) in [5, 5.41) is 8.65. The van der Waals surface area contributed by atoms with Gasteiger partial charge >= 0.3 is 18.3 Å². The molecule has 2 aliphatic heterocycles. The molecule has 0 aromatic heterocycles. The number of nitrogens with one attached hydrogen (secondary N) is 3. The average molecular weight is 624 g/mol. The molecule has 5 rings (SSSR count). The number of fused-ring (bicyclic) bond motifs is 2. The molecule has 0 spiro atoms. The number of epoxide rings is 2. The molecule has 1 unspecified atom stereocenters. The molecule has 0 radical (unpaired) electrons. The number of ether oxygens (including phenoxy) is 5. The van der Waals surface area contributed by atoms with Crippen molar-refractivity contribution in [3.8, 4) is 0 Å². The highest BCUT2D eigenvalue weighted by atomic mass is 16.6. The van der Waals surface area contributed by atoms with Crippen LogP contribution in [0.1, 0.15) is 120 Å².